The van der Waals surface area contributed by atoms with Crippen molar-refractivity contribution in [2.75, 3.05) is 19.6 Å². The second kappa shape index (κ2) is 6.18. The number of unbranched alkanes of at least 4 members (excludes halogenated alkanes) is 1. The Kier molecular flexibility index (Phi) is 4.29. The first-order valence-electron chi connectivity index (χ1n) is 7.91. The van der Waals surface area contributed by atoms with E-state index in [4.69, 9.17) is 12.2 Å². The van der Waals surface area contributed by atoms with E-state index >= 15 is 0 Å². The van der Waals surface area contributed by atoms with E-state index in [1.807, 2.05) is 10.6 Å². The fourth-order valence-electron chi connectivity index (χ4n) is 3.55. The molecule has 0 spiro atoms. The predicted molar refractivity (Wildman–Crippen MR) is 88.6 cm³/mol. The molecule has 0 saturated carbocycles. The van der Waals surface area contributed by atoms with Crippen molar-refractivity contribution in [3.8, 4) is 0 Å². The van der Waals surface area contributed by atoms with Crippen molar-refractivity contribution < 1.29 is 0 Å². The third kappa shape index (κ3) is 2.98. The molecule has 0 radical (unpaired) electrons. The lowest BCUT2D eigenvalue weighted by Crippen LogP contribution is -2.51. The van der Waals surface area contributed by atoms with Gasteiger partial charge in [-0.05, 0) is 37.0 Å². The predicted octanol–water partition coefficient (Wildman–Crippen LogP) is 1.94. The number of aromatic nitrogens is 1. The minimum absolute atomic E-state index is 0.138. The molecule has 3 heterocycles. The molecule has 4 nitrogen and oxygen atoms in total. The van der Waals surface area contributed by atoms with Crippen LogP contribution in [0.3, 0.4) is 0 Å². The summed E-state index contributed by atoms with van der Waals surface area (Å²) in [6.45, 7) is 5.87. The first-order valence-corrected chi connectivity index (χ1v) is 8.32. The summed E-state index contributed by atoms with van der Waals surface area (Å²) >= 11 is 5.54. The van der Waals surface area contributed by atoms with Gasteiger partial charge in [0.25, 0.3) is 5.56 Å². The summed E-state index contributed by atoms with van der Waals surface area (Å²) in [6, 6.07) is 5.64. The van der Waals surface area contributed by atoms with Crippen molar-refractivity contribution in [3.63, 3.8) is 0 Å². The minimum Gasteiger partial charge on any atom is -0.363 e. The summed E-state index contributed by atoms with van der Waals surface area (Å²) in [5.74, 6) is 0.958. The van der Waals surface area contributed by atoms with Gasteiger partial charge in [0.2, 0.25) is 0 Å². The summed E-state index contributed by atoms with van der Waals surface area (Å²) in [5.41, 5.74) is 1.32. The maximum Gasteiger partial charge on any atom is 0.250 e. The first-order chi connectivity index (χ1) is 10.2. The Morgan fingerprint density at radius 2 is 2.24 bits per heavy atom. The smallest absolute Gasteiger partial charge is 0.250 e. The maximum atomic E-state index is 12.0. The Bertz CT molecular complexity index is 583. The third-order valence-corrected chi connectivity index (χ3v) is 4.98. The number of likely N-dealkylation sites (tertiary alicyclic amines) is 1. The molecule has 1 N–H and O–H groups in total. The number of rotatable bonds is 3. The van der Waals surface area contributed by atoms with Crippen LogP contribution in [-0.4, -0.2) is 34.2 Å². The molecule has 2 aliphatic rings. The molecule has 1 aromatic heterocycles. The Hall–Kier alpha value is -1.36. The average Bonchev–Trinajstić information content (AvgIpc) is 2.48. The van der Waals surface area contributed by atoms with Gasteiger partial charge in [0.15, 0.2) is 5.11 Å². The van der Waals surface area contributed by atoms with E-state index in [9.17, 15) is 4.79 Å². The van der Waals surface area contributed by atoms with Gasteiger partial charge in [-0.25, -0.2) is 0 Å². The highest BCUT2D eigenvalue weighted by atomic mass is 32.1. The second-order valence-electron chi connectivity index (χ2n) is 6.19. The lowest BCUT2D eigenvalue weighted by atomic mass is 9.83. The average molecular weight is 305 g/mol. The van der Waals surface area contributed by atoms with Gasteiger partial charge in [0.1, 0.15) is 0 Å². The standard InChI is InChI=1S/C16H23N3OS/c1-2-3-7-17-16(21)18-9-12-8-13(11-18)14-5-4-6-15(20)19(14)10-12/h4-6,12-13H,2-3,7-11H2,1H3,(H,17,21)/t12-,13-/m1/s1. The van der Waals surface area contributed by atoms with Gasteiger partial charge >= 0.3 is 0 Å². The number of nitrogens with one attached hydrogen (secondary N) is 1. The number of piperidine rings is 1. The summed E-state index contributed by atoms with van der Waals surface area (Å²) in [4.78, 5) is 14.3. The zero-order valence-corrected chi connectivity index (χ0v) is 13.4. The normalized spacial score (nSPS) is 23.6. The van der Waals surface area contributed by atoms with Crippen LogP contribution < -0.4 is 10.9 Å². The molecule has 1 aromatic rings. The molecule has 3 rings (SSSR count). The maximum absolute atomic E-state index is 12.0. The molecule has 0 amide bonds. The quantitative estimate of drug-likeness (QED) is 0.684. The fraction of sp³-hybridized carbons (Fsp3) is 0.625. The zero-order chi connectivity index (χ0) is 14.8. The van der Waals surface area contributed by atoms with Crippen molar-refractivity contribution in [2.24, 2.45) is 5.92 Å². The minimum atomic E-state index is 0.138. The topological polar surface area (TPSA) is 37.3 Å². The van der Waals surface area contributed by atoms with Gasteiger partial charge in [-0.2, -0.15) is 0 Å². The Balaban J connectivity index is 1.73. The summed E-state index contributed by atoms with van der Waals surface area (Å²) < 4.78 is 1.96. The van der Waals surface area contributed by atoms with Crippen LogP contribution in [0.5, 0.6) is 0 Å². The Labute approximate surface area is 131 Å². The summed E-state index contributed by atoms with van der Waals surface area (Å²) in [6.07, 6.45) is 3.51. The molecule has 0 aliphatic carbocycles. The zero-order valence-electron chi connectivity index (χ0n) is 12.5. The van der Waals surface area contributed by atoms with Gasteiger partial charge < -0.3 is 14.8 Å². The van der Waals surface area contributed by atoms with Gasteiger partial charge in [-0.15, -0.1) is 0 Å². The molecule has 1 fully saturated rings. The van der Waals surface area contributed by atoms with Crippen LogP contribution in [0.2, 0.25) is 0 Å². The molecular formula is C16H23N3OS. The number of fused-ring (bicyclic) bond motifs is 4. The third-order valence-electron chi connectivity index (χ3n) is 4.57. The molecule has 5 heteroatoms. The highest BCUT2D eigenvalue weighted by Gasteiger charge is 2.35. The van der Waals surface area contributed by atoms with Crippen LogP contribution in [-0.2, 0) is 6.54 Å². The molecule has 0 aromatic carbocycles. The van der Waals surface area contributed by atoms with Gasteiger partial charge in [0.05, 0.1) is 0 Å². The van der Waals surface area contributed by atoms with Crippen molar-refractivity contribution >= 4 is 17.3 Å². The van der Waals surface area contributed by atoms with Crippen LogP contribution in [0.1, 0.15) is 37.8 Å². The fourth-order valence-corrected chi connectivity index (χ4v) is 3.80. The molecule has 21 heavy (non-hydrogen) atoms. The molecule has 2 atom stereocenters. The SMILES string of the molecule is CCCCNC(=S)N1C[C@H]2C[C@H](C1)c1cccc(=O)n1C2. The number of hydrogen-bond acceptors (Lipinski definition) is 2. The highest BCUT2D eigenvalue weighted by molar-refractivity contribution is 7.80. The van der Waals surface area contributed by atoms with Crippen molar-refractivity contribution in [1.29, 1.82) is 0 Å². The molecular weight excluding hydrogens is 282 g/mol. The van der Waals surface area contributed by atoms with Gasteiger partial charge in [-0.1, -0.05) is 19.4 Å². The van der Waals surface area contributed by atoms with Crippen molar-refractivity contribution in [3.05, 3.63) is 34.2 Å². The van der Waals surface area contributed by atoms with E-state index in [-0.39, 0.29) is 5.56 Å². The number of pyridine rings is 1. The van der Waals surface area contributed by atoms with E-state index in [0.29, 0.717) is 11.8 Å². The molecule has 2 bridgehead atoms. The van der Waals surface area contributed by atoms with E-state index in [0.717, 1.165) is 37.7 Å². The highest BCUT2D eigenvalue weighted by Crippen LogP contribution is 2.34. The largest absolute Gasteiger partial charge is 0.363 e. The van der Waals surface area contributed by atoms with Crippen LogP contribution >= 0.6 is 12.2 Å². The van der Waals surface area contributed by atoms with Crippen LogP contribution in [0.15, 0.2) is 23.0 Å². The van der Waals surface area contributed by atoms with E-state index in [2.05, 4.69) is 23.2 Å². The summed E-state index contributed by atoms with van der Waals surface area (Å²) in [5, 5.41) is 4.25. The van der Waals surface area contributed by atoms with E-state index in [1.165, 1.54) is 18.5 Å². The van der Waals surface area contributed by atoms with Crippen LogP contribution in [0.4, 0.5) is 0 Å². The van der Waals surface area contributed by atoms with E-state index < -0.39 is 0 Å². The Morgan fingerprint density at radius 3 is 3.05 bits per heavy atom. The van der Waals surface area contributed by atoms with Crippen molar-refractivity contribution in [2.45, 2.75) is 38.6 Å². The number of nitrogens with zero attached hydrogens (tertiary/aromatic N) is 2. The first kappa shape index (κ1) is 14.6. The molecule has 114 valence electrons. The van der Waals surface area contributed by atoms with Crippen LogP contribution in [0.25, 0.3) is 0 Å². The van der Waals surface area contributed by atoms with Gasteiger partial charge in [0, 0.05) is 43.9 Å². The van der Waals surface area contributed by atoms with Crippen molar-refractivity contribution in [1.82, 2.24) is 14.8 Å². The van der Waals surface area contributed by atoms with Gasteiger partial charge in [-0.3, -0.25) is 4.79 Å². The lowest BCUT2D eigenvalue weighted by Gasteiger charge is -2.43. The number of thiocarbonyl (C=S) groups is 1. The second-order valence-corrected chi connectivity index (χ2v) is 6.58. The summed E-state index contributed by atoms with van der Waals surface area (Å²) in [7, 11) is 0. The Morgan fingerprint density at radius 1 is 1.38 bits per heavy atom. The monoisotopic (exact) mass is 305 g/mol. The molecule has 0 unspecified atom stereocenters. The van der Waals surface area contributed by atoms with Crippen LogP contribution in [0, 0.1) is 5.92 Å². The number of hydrogen-bond donors (Lipinski definition) is 1. The lowest BCUT2D eigenvalue weighted by molar-refractivity contribution is 0.177. The van der Waals surface area contributed by atoms with E-state index in [1.54, 1.807) is 6.07 Å². The molecule has 2 aliphatic heterocycles. The molecule has 1 saturated heterocycles.